The van der Waals surface area contributed by atoms with Crippen molar-refractivity contribution in [1.29, 1.82) is 0 Å². The van der Waals surface area contributed by atoms with E-state index in [0.29, 0.717) is 0 Å². The number of benzene rings is 1. The van der Waals surface area contributed by atoms with E-state index < -0.39 is 0 Å². The van der Waals surface area contributed by atoms with Gasteiger partial charge in [-0.3, -0.25) is 0 Å². The summed E-state index contributed by atoms with van der Waals surface area (Å²) in [5, 5.41) is 12.8. The molecule has 0 saturated carbocycles. The standard InChI is InChI=1S/C17H28N2O2/c1-13-10-19(11-16(12-20)21-13)15-7-5-14(6-8-15)9-18-17(2,3)4/h5-8,13,16,18,20H,9-12H2,1-4H3. The third-order valence-corrected chi connectivity index (χ3v) is 3.65. The molecule has 0 spiro atoms. The lowest BCUT2D eigenvalue weighted by Gasteiger charge is -2.37. The van der Waals surface area contributed by atoms with Gasteiger partial charge in [0.1, 0.15) is 0 Å². The van der Waals surface area contributed by atoms with Gasteiger partial charge in [-0.15, -0.1) is 0 Å². The van der Waals surface area contributed by atoms with Crippen LogP contribution >= 0.6 is 0 Å². The van der Waals surface area contributed by atoms with E-state index in [2.05, 4.69) is 62.2 Å². The van der Waals surface area contributed by atoms with Crippen LogP contribution in [-0.2, 0) is 11.3 Å². The highest BCUT2D eigenvalue weighted by Gasteiger charge is 2.24. The van der Waals surface area contributed by atoms with Crippen molar-refractivity contribution in [1.82, 2.24) is 5.32 Å². The van der Waals surface area contributed by atoms with Crippen LogP contribution in [0.4, 0.5) is 5.69 Å². The van der Waals surface area contributed by atoms with Crippen LogP contribution in [0.2, 0.25) is 0 Å². The Morgan fingerprint density at radius 1 is 1.24 bits per heavy atom. The molecule has 21 heavy (non-hydrogen) atoms. The highest BCUT2D eigenvalue weighted by Crippen LogP contribution is 2.21. The van der Waals surface area contributed by atoms with Crippen LogP contribution in [0.3, 0.4) is 0 Å². The monoisotopic (exact) mass is 292 g/mol. The van der Waals surface area contributed by atoms with Crippen molar-refractivity contribution in [3.8, 4) is 0 Å². The Labute approximate surface area is 128 Å². The number of aliphatic hydroxyl groups excluding tert-OH is 1. The molecule has 0 aromatic heterocycles. The highest BCUT2D eigenvalue weighted by molar-refractivity contribution is 5.48. The second kappa shape index (κ2) is 6.77. The van der Waals surface area contributed by atoms with Crippen molar-refractivity contribution in [3.63, 3.8) is 0 Å². The maximum absolute atomic E-state index is 9.30. The number of ether oxygens (including phenoxy) is 1. The first-order valence-electron chi connectivity index (χ1n) is 7.72. The van der Waals surface area contributed by atoms with Gasteiger partial charge in [-0.2, -0.15) is 0 Å². The van der Waals surface area contributed by atoms with Crippen LogP contribution in [0.5, 0.6) is 0 Å². The molecule has 2 N–H and O–H groups in total. The molecule has 0 amide bonds. The predicted octanol–water partition coefficient (Wildman–Crippen LogP) is 2.16. The first-order valence-corrected chi connectivity index (χ1v) is 7.72. The van der Waals surface area contributed by atoms with Crippen LogP contribution < -0.4 is 10.2 Å². The molecule has 1 saturated heterocycles. The van der Waals surface area contributed by atoms with Gasteiger partial charge in [-0.05, 0) is 45.4 Å². The average molecular weight is 292 g/mol. The number of nitrogens with one attached hydrogen (secondary N) is 1. The minimum absolute atomic E-state index is 0.0778. The molecule has 0 bridgehead atoms. The maximum atomic E-state index is 9.30. The zero-order valence-corrected chi connectivity index (χ0v) is 13.6. The van der Waals surface area contributed by atoms with Gasteiger partial charge in [-0.1, -0.05) is 12.1 Å². The molecular weight excluding hydrogens is 264 g/mol. The molecule has 2 rings (SSSR count). The van der Waals surface area contributed by atoms with E-state index in [1.165, 1.54) is 11.3 Å². The van der Waals surface area contributed by atoms with E-state index in [9.17, 15) is 5.11 Å². The smallest absolute Gasteiger partial charge is 0.0984 e. The Balaban J connectivity index is 1.98. The number of aliphatic hydroxyl groups is 1. The molecular formula is C17H28N2O2. The van der Waals surface area contributed by atoms with E-state index in [-0.39, 0.29) is 24.4 Å². The summed E-state index contributed by atoms with van der Waals surface area (Å²) in [6, 6.07) is 8.66. The number of nitrogens with zero attached hydrogens (tertiary/aromatic N) is 1. The van der Waals surface area contributed by atoms with E-state index in [1.807, 2.05) is 0 Å². The Bertz CT molecular complexity index is 439. The predicted molar refractivity (Wildman–Crippen MR) is 86.7 cm³/mol. The Morgan fingerprint density at radius 3 is 2.48 bits per heavy atom. The lowest BCUT2D eigenvalue weighted by atomic mass is 10.1. The molecule has 1 heterocycles. The lowest BCUT2D eigenvalue weighted by molar-refractivity contribution is -0.0421. The van der Waals surface area contributed by atoms with Crippen LogP contribution in [0.15, 0.2) is 24.3 Å². The SMILES string of the molecule is CC1CN(c2ccc(CNC(C)(C)C)cc2)CC(CO)O1. The van der Waals surface area contributed by atoms with Gasteiger partial charge >= 0.3 is 0 Å². The fourth-order valence-corrected chi connectivity index (χ4v) is 2.55. The second-order valence-corrected chi connectivity index (χ2v) is 6.93. The van der Waals surface area contributed by atoms with Crippen molar-refractivity contribution in [2.75, 3.05) is 24.6 Å². The first kappa shape index (κ1) is 16.3. The minimum atomic E-state index is -0.0871. The third kappa shape index (κ3) is 4.99. The van der Waals surface area contributed by atoms with Gasteiger partial charge in [0.25, 0.3) is 0 Å². The first-order chi connectivity index (χ1) is 9.87. The average Bonchev–Trinajstić information content (AvgIpc) is 2.44. The second-order valence-electron chi connectivity index (χ2n) is 6.93. The van der Waals surface area contributed by atoms with E-state index in [1.54, 1.807) is 0 Å². The molecule has 0 radical (unpaired) electrons. The van der Waals surface area contributed by atoms with Gasteiger partial charge in [0.05, 0.1) is 18.8 Å². The zero-order chi connectivity index (χ0) is 15.5. The summed E-state index contributed by atoms with van der Waals surface area (Å²) in [6.07, 6.45) is 0.0640. The number of hydrogen-bond donors (Lipinski definition) is 2. The summed E-state index contributed by atoms with van der Waals surface area (Å²) >= 11 is 0. The minimum Gasteiger partial charge on any atom is -0.394 e. The fraction of sp³-hybridized carbons (Fsp3) is 0.647. The van der Waals surface area contributed by atoms with E-state index in [4.69, 9.17) is 4.74 Å². The fourth-order valence-electron chi connectivity index (χ4n) is 2.55. The number of hydrogen-bond acceptors (Lipinski definition) is 4. The molecule has 2 unspecified atom stereocenters. The number of morpholine rings is 1. The Kier molecular flexibility index (Phi) is 5.25. The number of anilines is 1. The van der Waals surface area contributed by atoms with E-state index >= 15 is 0 Å². The van der Waals surface area contributed by atoms with Gasteiger partial charge in [0.2, 0.25) is 0 Å². The summed E-state index contributed by atoms with van der Waals surface area (Å²) in [6.45, 7) is 11.1. The molecule has 1 aliphatic heterocycles. The van der Waals surface area contributed by atoms with Gasteiger partial charge < -0.3 is 20.1 Å². The molecule has 1 aromatic rings. The van der Waals surface area contributed by atoms with Crippen LogP contribution in [0.25, 0.3) is 0 Å². The third-order valence-electron chi connectivity index (χ3n) is 3.65. The highest BCUT2D eigenvalue weighted by atomic mass is 16.5. The van der Waals surface area contributed by atoms with E-state index in [0.717, 1.165) is 19.6 Å². The molecule has 4 heteroatoms. The molecule has 118 valence electrons. The lowest BCUT2D eigenvalue weighted by Crippen LogP contribution is -2.48. The van der Waals surface area contributed by atoms with Crippen molar-refractivity contribution < 1.29 is 9.84 Å². The van der Waals surface area contributed by atoms with Gasteiger partial charge in [-0.25, -0.2) is 0 Å². The maximum Gasteiger partial charge on any atom is 0.0984 e. The molecule has 0 aliphatic carbocycles. The van der Waals surface area contributed by atoms with Gasteiger partial charge in [0, 0.05) is 30.9 Å². The summed E-state index contributed by atoms with van der Waals surface area (Å²) in [5.74, 6) is 0. The van der Waals surface area contributed by atoms with Crippen LogP contribution in [0.1, 0.15) is 33.3 Å². The summed E-state index contributed by atoms with van der Waals surface area (Å²) in [4.78, 5) is 2.29. The number of rotatable bonds is 4. The summed E-state index contributed by atoms with van der Waals surface area (Å²) in [7, 11) is 0. The van der Waals surface area contributed by atoms with Crippen molar-refractivity contribution in [2.24, 2.45) is 0 Å². The molecule has 1 aromatic carbocycles. The molecule has 4 nitrogen and oxygen atoms in total. The van der Waals surface area contributed by atoms with Crippen molar-refractivity contribution in [2.45, 2.75) is 52.0 Å². The zero-order valence-electron chi connectivity index (χ0n) is 13.6. The van der Waals surface area contributed by atoms with Crippen molar-refractivity contribution >= 4 is 5.69 Å². The Morgan fingerprint density at radius 2 is 1.90 bits per heavy atom. The normalized spacial score (nSPS) is 23.4. The van der Waals surface area contributed by atoms with Crippen molar-refractivity contribution in [3.05, 3.63) is 29.8 Å². The summed E-state index contributed by atoms with van der Waals surface area (Å²) < 4.78 is 5.69. The molecule has 1 fully saturated rings. The van der Waals surface area contributed by atoms with Crippen LogP contribution in [-0.4, -0.2) is 42.5 Å². The van der Waals surface area contributed by atoms with Crippen LogP contribution in [0, 0.1) is 0 Å². The quantitative estimate of drug-likeness (QED) is 0.892. The Hall–Kier alpha value is -1.10. The molecule has 1 aliphatic rings. The largest absolute Gasteiger partial charge is 0.394 e. The topological polar surface area (TPSA) is 44.7 Å². The summed E-state index contributed by atoms with van der Waals surface area (Å²) in [5.41, 5.74) is 2.61. The van der Waals surface area contributed by atoms with Gasteiger partial charge in [0.15, 0.2) is 0 Å². The molecule has 2 atom stereocenters.